The van der Waals surface area contributed by atoms with E-state index in [0.717, 1.165) is 21.2 Å². The summed E-state index contributed by atoms with van der Waals surface area (Å²) in [6.07, 6.45) is 0. The molecule has 132 valence electrons. The van der Waals surface area contributed by atoms with E-state index < -0.39 is 0 Å². The normalized spacial score (nSPS) is 10.2. The highest BCUT2D eigenvalue weighted by molar-refractivity contribution is 9.10. The van der Waals surface area contributed by atoms with Gasteiger partial charge in [0, 0.05) is 10.2 Å². The van der Waals surface area contributed by atoms with E-state index in [1.165, 1.54) is 0 Å². The number of carbonyl (C=O) groups excluding carboxylic acids is 2. The van der Waals surface area contributed by atoms with Gasteiger partial charge in [-0.25, -0.2) is 0 Å². The SMILES string of the molecule is Cc1cc(Br)ccc1NC(=O)CNC(=O)COc1c(C)cccc1C. The zero-order valence-electron chi connectivity index (χ0n) is 14.5. The fourth-order valence-corrected chi connectivity index (χ4v) is 2.83. The molecule has 0 spiro atoms. The third-order valence-electron chi connectivity index (χ3n) is 3.67. The molecule has 2 aromatic carbocycles. The number of halogens is 1. The van der Waals surface area contributed by atoms with E-state index in [1.54, 1.807) is 0 Å². The Kier molecular flexibility index (Phi) is 6.58. The largest absolute Gasteiger partial charge is 0.483 e. The highest BCUT2D eigenvalue weighted by Gasteiger charge is 2.10. The van der Waals surface area contributed by atoms with Crippen LogP contribution in [0.2, 0.25) is 0 Å². The van der Waals surface area contributed by atoms with Crippen LogP contribution >= 0.6 is 15.9 Å². The molecule has 0 fully saturated rings. The van der Waals surface area contributed by atoms with Gasteiger partial charge in [-0.05, 0) is 55.7 Å². The first-order chi connectivity index (χ1) is 11.9. The maximum atomic E-state index is 12.0. The number of para-hydroxylation sites is 1. The molecular formula is C19H21BrN2O3. The van der Waals surface area contributed by atoms with E-state index in [2.05, 4.69) is 26.6 Å². The van der Waals surface area contributed by atoms with E-state index in [1.807, 2.05) is 57.2 Å². The molecule has 2 amide bonds. The van der Waals surface area contributed by atoms with Crippen LogP contribution in [0.4, 0.5) is 5.69 Å². The fourth-order valence-electron chi connectivity index (χ4n) is 2.36. The van der Waals surface area contributed by atoms with Crippen molar-refractivity contribution in [3.05, 3.63) is 57.6 Å². The number of benzene rings is 2. The molecule has 2 N–H and O–H groups in total. The maximum absolute atomic E-state index is 12.0. The molecule has 0 unspecified atom stereocenters. The standard InChI is InChI=1S/C19H21BrN2O3/c1-12-5-4-6-13(2)19(12)25-11-18(24)21-10-17(23)22-16-8-7-15(20)9-14(16)3/h4-9H,10-11H2,1-3H3,(H,21,24)(H,22,23). The molecule has 25 heavy (non-hydrogen) atoms. The zero-order chi connectivity index (χ0) is 18.4. The summed E-state index contributed by atoms with van der Waals surface area (Å²) in [5.74, 6) is 0.0729. The van der Waals surface area contributed by atoms with E-state index in [4.69, 9.17) is 4.74 Å². The lowest BCUT2D eigenvalue weighted by molar-refractivity contribution is -0.125. The van der Waals surface area contributed by atoms with Crippen LogP contribution < -0.4 is 15.4 Å². The van der Waals surface area contributed by atoms with Gasteiger partial charge in [-0.1, -0.05) is 34.1 Å². The summed E-state index contributed by atoms with van der Waals surface area (Å²) < 4.78 is 6.51. The third-order valence-corrected chi connectivity index (χ3v) is 4.16. The van der Waals surface area contributed by atoms with Crippen molar-refractivity contribution in [2.75, 3.05) is 18.5 Å². The average molecular weight is 405 g/mol. The molecule has 0 saturated carbocycles. The molecule has 0 atom stereocenters. The second-order valence-electron chi connectivity index (χ2n) is 5.79. The number of carbonyl (C=O) groups is 2. The van der Waals surface area contributed by atoms with E-state index in [0.29, 0.717) is 11.4 Å². The molecule has 6 heteroatoms. The summed E-state index contributed by atoms with van der Waals surface area (Å²) in [7, 11) is 0. The van der Waals surface area contributed by atoms with E-state index >= 15 is 0 Å². The Labute approximate surface area is 155 Å². The fraction of sp³-hybridized carbons (Fsp3) is 0.263. The van der Waals surface area contributed by atoms with Gasteiger partial charge < -0.3 is 15.4 Å². The first-order valence-corrected chi connectivity index (χ1v) is 8.68. The Hall–Kier alpha value is -2.34. The van der Waals surface area contributed by atoms with Gasteiger partial charge in [-0.15, -0.1) is 0 Å². The lowest BCUT2D eigenvalue weighted by Crippen LogP contribution is -2.36. The van der Waals surface area contributed by atoms with Crippen LogP contribution in [0.15, 0.2) is 40.9 Å². The number of anilines is 1. The lowest BCUT2D eigenvalue weighted by Gasteiger charge is -2.12. The molecule has 0 aliphatic rings. The van der Waals surface area contributed by atoms with Gasteiger partial charge in [-0.2, -0.15) is 0 Å². The van der Waals surface area contributed by atoms with Gasteiger partial charge in [0.25, 0.3) is 5.91 Å². The number of nitrogens with one attached hydrogen (secondary N) is 2. The van der Waals surface area contributed by atoms with Gasteiger partial charge in [0.05, 0.1) is 6.54 Å². The van der Waals surface area contributed by atoms with E-state index in [9.17, 15) is 9.59 Å². The first kappa shape index (κ1) is 19.0. The number of hydrogen-bond donors (Lipinski definition) is 2. The van der Waals surface area contributed by atoms with Crippen LogP contribution in [0, 0.1) is 20.8 Å². The van der Waals surface area contributed by atoms with Crippen molar-refractivity contribution >= 4 is 33.4 Å². The van der Waals surface area contributed by atoms with Crippen molar-refractivity contribution in [1.82, 2.24) is 5.32 Å². The van der Waals surface area contributed by atoms with Crippen molar-refractivity contribution < 1.29 is 14.3 Å². The minimum absolute atomic E-state index is 0.107. The van der Waals surface area contributed by atoms with Crippen molar-refractivity contribution in [3.8, 4) is 5.75 Å². The van der Waals surface area contributed by atoms with Crippen molar-refractivity contribution in [3.63, 3.8) is 0 Å². The molecule has 0 aliphatic carbocycles. The monoisotopic (exact) mass is 404 g/mol. The van der Waals surface area contributed by atoms with Crippen LogP contribution in [0.5, 0.6) is 5.75 Å². The molecule has 5 nitrogen and oxygen atoms in total. The summed E-state index contributed by atoms with van der Waals surface area (Å²) >= 11 is 3.38. The van der Waals surface area contributed by atoms with E-state index in [-0.39, 0.29) is 25.0 Å². The van der Waals surface area contributed by atoms with Gasteiger partial charge >= 0.3 is 0 Å². The molecule has 0 bridgehead atoms. The molecule has 0 saturated heterocycles. The number of amides is 2. The molecule has 2 rings (SSSR count). The predicted molar refractivity (Wildman–Crippen MR) is 102 cm³/mol. The molecule has 2 aromatic rings. The predicted octanol–water partition coefficient (Wildman–Crippen LogP) is 3.51. The smallest absolute Gasteiger partial charge is 0.258 e. The van der Waals surface area contributed by atoms with Crippen molar-refractivity contribution in [2.45, 2.75) is 20.8 Å². The van der Waals surface area contributed by atoms with Crippen LogP contribution in [-0.4, -0.2) is 25.0 Å². The van der Waals surface area contributed by atoms with Gasteiger partial charge in [0.1, 0.15) is 5.75 Å². The number of ether oxygens (including phenoxy) is 1. The summed E-state index contributed by atoms with van der Waals surface area (Å²) in [5, 5.41) is 5.33. The topological polar surface area (TPSA) is 67.4 Å². The van der Waals surface area contributed by atoms with Crippen molar-refractivity contribution in [2.24, 2.45) is 0 Å². The van der Waals surface area contributed by atoms with Crippen LogP contribution in [0.25, 0.3) is 0 Å². The average Bonchev–Trinajstić information content (AvgIpc) is 2.55. The Balaban J connectivity index is 1.80. The molecule has 0 heterocycles. The minimum atomic E-state index is -0.342. The Morgan fingerprint density at radius 2 is 1.68 bits per heavy atom. The third kappa shape index (κ3) is 5.60. The maximum Gasteiger partial charge on any atom is 0.258 e. The second-order valence-corrected chi connectivity index (χ2v) is 6.71. The van der Waals surface area contributed by atoms with Crippen LogP contribution in [0.1, 0.15) is 16.7 Å². The highest BCUT2D eigenvalue weighted by Crippen LogP contribution is 2.22. The molecule has 0 radical (unpaired) electrons. The lowest BCUT2D eigenvalue weighted by atomic mass is 10.1. The number of rotatable bonds is 6. The number of aryl methyl sites for hydroxylation is 3. The minimum Gasteiger partial charge on any atom is -0.483 e. The first-order valence-electron chi connectivity index (χ1n) is 7.88. The Bertz CT molecular complexity index is 770. The zero-order valence-corrected chi connectivity index (χ0v) is 16.1. The Morgan fingerprint density at radius 3 is 2.32 bits per heavy atom. The summed E-state index contributed by atoms with van der Waals surface area (Å²) in [4.78, 5) is 23.8. The van der Waals surface area contributed by atoms with Crippen LogP contribution in [-0.2, 0) is 9.59 Å². The van der Waals surface area contributed by atoms with Crippen LogP contribution in [0.3, 0.4) is 0 Å². The molecule has 0 aromatic heterocycles. The summed E-state index contributed by atoms with van der Waals surface area (Å²) in [6, 6.07) is 11.4. The summed E-state index contributed by atoms with van der Waals surface area (Å²) in [5.41, 5.74) is 3.59. The second kappa shape index (κ2) is 8.67. The molecule has 0 aliphatic heterocycles. The summed E-state index contributed by atoms with van der Waals surface area (Å²) in [6.45, 7) is 5.51. The quantitative estimate of drug-likeness (QED) is 0.773. The molecular weight excluding hydrogens is 384 g/mol. The van der Waals surface area contributed by atoms with Gasteiger partial charge in [-0.3, -0.25) is 9.59 Å². The number of hydrogen-bond acceptors (Lipinski definition) is 3. The van der Waals surface area contributed by atoms with Gasteiger partial charge in [0.15, 0.2) is 6.61 Å². The highest BCUT2D eigenvalue weighted by atomic mass is 79.9. The van der Waals surface area contributed by atoms with Gasteiger partial charge in [0.2, 0.25) is 5.91 Å². The Morgan fingerprint density at radius 1 is 1.00 bits per heavy atom. The van der Waals surface area contributed by atoms with Crippen molar-refractivity contribution in [1.29, 1.82) is 0 Å².